The topological polar surface area (TPSA) is 82.5 Å². The Kier molecular flexibility index (Phi) is 5.12. The number of nitrogens with one attached hydrogen (secondary N) is 1. The van der Waals surface area contributed by atoms with Gasteiger partial charge in [-0.15, -0.1) is 11.3 Å². The highest BCUT2D eigenvalue weighted by atomic mass is 35.5. The number of nitrogens with zero attached hydrogens (tertiary/aromatic N) is 2. The Morgan fingerprint density at radius 2 is 1.93 bits per heavy atom. The van der Waals surface area contributed by atoms with E-state index in [-0.39, 0.29) is 18.0 Å². The van der Waals surface area contributed by atoms with Gasteiger partial charge in [-0.3, -0.25) is 14.2 Å². The number of ether oxygens (including phenoxy) is 2. The summed E-state index contributed by atoms with van der Waals surface area (Å²) in [6.45, 7) is -0.177. The molecule has 0 spiro atoms. The van der Waals surface area contributed by atoms with Crippen molar-refractivity contribution in [3.63, 3.8) is 0 Å². The van der Waals surface area contributed by atoms with Crippen molar-refractivity contribution < 1.29 is 14.3 Å². The minimum absolute atomic E-state index is 0.177. The average molecular weight is 430 g/mol. The molecule has 2 aromatic heterocycles. The lowest BCUT2D eigenvalue weighted by Crippen LogP contribution is -2.27. The van der Waals surface area contributed by atoms with Crippen LogP contribution in [-0.4, -0.2) is 29.7 Å². The van der Waals surface area contributed by atoms with Crippen molar-refractivity contribution in [3.05, 3.63) is 58.1 Å². The fraction of sp³-hybridized carbons (Fsp3) is 0.150. The quantitative estimate of drug-likeness (QED) is 0.520. The molecular weight excluding hydrogens is 414 g/mol. The molecule has 4 rings (SSSR count). The fourth-order valence-corrected chi connectivity index (χ4v) is 4.47. The maximum Gasteiger partial charge on any atom is 0.271 e. The molecule has 0 aliphatic carbocycles. The van der Waals surface area contributed by atoms with Crippen molar-refractivity contribution in [2.24, 2.45) is 0 Å². The Morgan fingerprint density at radius 3 is 2.62 bits per heavy atom. The first-order valence-electron chi connectivity index (χ1n) is 8.59. The Labute approximate surface area is 174 Å². The monoisotopic (exact) mass is 429 g/mol. The lowest BCUT2D eigenvalue weighted by molar-refractivity contribution is -0.116. The van der Waals surface area contributed by atoms with Gasteiger partial charge < -0.3 is 14.8 Å². The number of carbonyl (C=O) groups excluding carboxylic acids is 1. The van der Waals surface area contributed by atoms with Gasteiger partial charge in [-0.2, -0.15) is 0 Å². The second-order valence-electron chi connectivity index (χ2n) is 6.22. The number of methoxy groups -OCH3 is 2. The molecule has 1 amide bonds. The first-order valence-corrected chi connectivity index (χ1v) is 9.78. The molecular formula is C20H16ClN3O4S. The molecule has 148 valence electrons. The van der Waals surface area contributed by atoms with E-state index >= 15 is 0 Å². The lowest BCUT2D eigenvalue weighted by atomic mass is 10.2. The molecule has 9 heteroatoms. The van der Waals surface area contributed by atoms with E-state index in [1.807, 2.05) is 12.1 Å². The van der Waals surface area contributed by atoms with Gasteiger partial charge in [0.05, 0.1) is 31.1 Å². The van der Waals surface area contributed by atoms with Gasteiger partial charge in [-0.05, 0) is 12.1 Å². The van der Waals surface area contributed by atoms with Gasteiger partial charge in [0.25, 0.3) is 5.56 Å². The first-order chi connectivity index (χ1) is 14.0. The Balaban J connectivity index is 1.63. The summed E-state index contributed by atoms with van der Waals surface area (Å²) in [6.07, 6.45) is 1.37. The van der Waals surface area contributed by atoms with Crippen molar-refractivity contribution in [1.29, 1.82) is 0 Å². The number of halogens is 1. The summed E-state index contributed by atoms with van der Waals surface area (Å²) in [6, 6.07) is 10.5. The third-order valence-corrected chi connectivity index (χ3v) is 5.82. The summed E-state index contributed by atoms with van der Waals surface area (Å²) in [4.78, 5) is 29.7. The summed E-state index contributed by atoms with van der Waals surface area (Å²) in [7, 11) is 3.05. The molecule has 4 aromatic rings. The molecule has 1 N–H and O–H groups in total. The first kappa shape index (κ1) is 19.2. The van der Waals surface area contributed by atoms with Crippen molar-refractivity contribution in [3.8, 4) is 11.5 Å². The SMILES string of the molecule is COc1cc(NC(=O)Cn2cnc3c(sc4cccc(Cl)c43)c2=O)cc(OC)c1. The van der Waals surface area contributed by atoms with Crippen molar-refractivity contribution in [1.82, 2.24) is 9.55 Å². The van der Waals surface area contributed by atoms with Crippen LogP contribution in [0.4, 0.5) is 5.69 Å². The molecule has 0 radical (unpaired) electrons. The minimum atomic E-state index is -0.373. The van der Waals surface area contributed by atoms with Crippen LogP contribution in [0.1, 0.15) is 0 Å². The second kappa shape index (κ2) is 7.73. The number of carbonyl (C=O) groups is 1. The maximum absolute atomic E-state index is 12.9. The van der Waals surface area contributed by atoms with Crippen LogP contribution >= 0.6 is 22.9 Å². The fourth-order valence-electron chi connectivity index (χ4n) is 3.02. The van der Waals surface area contributed by atoms with Gasteiger partial charge in [-0.25, -0.2) is 4.98 Å². The minimum Gasteiger partial charge on any atom is -0.497 e. The number of hydrogen-bond acceptors (Lipinski definition) is 6. The van der Waals surface area contributed by atoms with E-state index in [1.165, 1.54) is 36.5 Å². The number of fused-ring (bicyclic) bond motifs is 3. The zero-order chi connectivity index (χ0) is 20.5. The van der Waals surface area contributed by atoms with Crippen molar-refractivity contribution in [2.45, 2.75) is 6.54 Å². The van der Waals surface area contributed by atoms with Gasteiger partial charge in [0.15, 0.2) is 0 Å². The molecule has 0 atom stereocenters. The highest BCUT2D eigenvalue weighted by Gasteiger charge is 2.15. The van der Waals surface area contributed by atoms with Gasteiger partial charge in [0, 0.05) is 34.0 Å². The van der Waals surface area contributed by atoms with E-state index in [9.17, 15) is 9.59 Å². The van der Waals surface area contributed by atoms with Gasteiger partial charge >= 0.3 is 0 Å². The zero-order valence-corrected chi connectivity index (χ0v) is 17.1. The second-order valence-corrected chi connectivity index (χ2v) is 7.68. The molecule has 0 aliphatic heterocycles. The van der Waals surface area contributed by atoms with E-state index in [0.717, 1.165) is 10.1 Å². The summed E-state index contributed by atoms with van der Waals surface area (Å²) in [5.41, 5.74) is 0.766. The normalized spacial score (nSPS) is 11.0. The number of anilines is 1. The molecule has 0 aliphatic rings. The molecule has 0 saturated carbocycles. The number of amides is 1. The van der Waals surface area contributed by atoms with E-state index in [0.29, 0.717) is 32.4 Å². The molecule has 2 heterocycles. The standard InChI is InChI=1S/C20H16ClN3O4S/c1-27-12-6-11(7-13(8-12)28-2)23-16(25)9-24-10-22-18-17-14(21)4-3-5-15(17)29-19(18)20(24)26/h3-8,10H,9H2,1-2H3,(H,23,25). The number of thiophene rings is 1. The third kappa shape index (κ3) is 3.64. The number of hydrogen-bond donors (Lipinski definition) is 1. The van der Waals surface area contributed by atoms with Crippen molar-refractivity contribution in [2.75, 3.05) is 19.5 Å². The summed E-state index contributed by atoms with van der Waals surface area (Å²) in [5, 5.41) is 4.05. The smallest absolute Gasteiger partial charge is 0.271 e. The molecule has 29 heavy (non-hydrogen) atoms. The third-order valence-electron chi connectivity index (χ3n) is 4.37. The lowest BCUT2D eigenvalue weighted by Gasteiger charge is -2.10. The van der Waals surface area contributed by atoms with Crippen LogP contribution in [0, 0.1) is 0 Å². The van der Waals surface area contributed by atoms with E-state index < -0.39 is 0 Å². The van der Waals surface area contributed by atoms with Gasteiger partial charge in [0.2, 0.25) is 5.91 Å². The van der Waals surface area contributed by atoms with Crippen LogP contribution in [0.15, 0.2) is 47.5 Å². The molecule has 0 unspecified atom stereocenters. The molecule has 7 nitrogen and oxygen atoms in total. The Morgan fingerprint density at radius 1 is 1.21 bits per heavy atom. The van der Waals surface area contributed by atoms with Crippen LogP contribution < -0.4 is 20.3 Å². The number of rotatable bonds is 5. The van der Waals surface area contributed by atoms with Crippen molar-refractivity contribution >= 4 is 54.8 Å². The predicted molar refractivity (Wildman–Crippen MR) is 115 cm³/mol. The highest BCUT2D eigenvalue weighted by molar-refractivity contribution is 7.25. The van der Waals surface area contributed by atoms with Crippen LogP contribution in [0.3, 0.4) is 0 Å². The zero-order valence-electron chi connectivity index (χ0n) is 15.6. The maximum atomic E-state index is 12.9. The van der Waals surface area contributed by atoms with Crippen LogP contribution in [0.2, 0.25) is 5.02 Å². The number of benzene rings is 2. The number of aromatic nitrogens is 2. The van der Waals surface area contributed by atoms with E-state index in [4.69, 9.17) is 21.1 Å². The molecule has 2 aromatic carbocycles. The van der Waals surface area contributed by atoms with Gasteiger partial charge in [0.1, 0.15) is 22.7 Å². The van der Waals surface area contributed by atoms with E-state index in [1.54, 1.807) is 24.3 Å². The summed E-state index contributed by atoms with van der Waals surface area (Å²) < 4.78 is 13.0. The molecule has 0 bridgehead atoms. The van der Waals surface area contributed by atoms with E-state index in [2.05, 4.69) is 10.3 Å². The van der Waals surface area contributed by atoms with Gasteiger partial charge in [-0.1, -0.05) is 17.7 Å². The summed E-state index contributed by atoms with van der Waals surface area (Å²) >= 11 is 7.58. The Hall–Kier alpha value is -3.10. The predicted octanol–water partition coefficient (Wildman–Crippen LogP) is 3.92. The average Bonchev–Trinajstić information content (AvgIpc) is 3.10. The highest BCUT2D eigenvalue weighted by Crippen LogP contribution is 2.35. The summed E-state index contributed by atoms with van der Waals surface area (Å²) in [5.74, 6) is 0.715. The molecule has 0 fully saturated rings. The van der Waals surface area contributed by atoms with Crippen LogP contribution in [0.5, 0.6) is 11.5 Å². The Bertz CT molecular complexity index is 1280. The van der Waals surface area contributed by atoms with Crippen LogP contribution in [-0.2, 0) is 11.3 Å². The largest absolute Gasteiger partial charge is 0.497 e. The molecule has 0 saturated heterocycles. The van der Waals surface area contributed by atoms with Crippen LogP contribution in [0.25, 0.3) is 20.3 Å².